The molecule has 0 spiro atoms. The average Bonchev–Trinajstić information content (AvgIpc) is 2.27. The molecule has 90 valence electrons. The molecule has 2 aliphatic heterocycles. The number of hydrogen-bond donors (Lipinski definition) is 1. The van der Waals surface area contributed by atoms with Crippen molar-refractivity contribution in [3.05, 3.63) is 40.1 Å². The van der Waals surface area contributed by atoms with Crippen molar-refractivity contribution >= 4 is 21.8 Å². The van der Waals surface area contributed by atoms with Gasteiger partial charge in [0.1, 0.15) is 10.3 Å². The number of allylic oxidation sites excluding steroid dienone is 2. The number of nitrogens with zero attached hydrogens (tertiary/aromatic N) is 2. The van der Waals surface area contributed by atoms with Gasteiger partial charge >= 0.3 is 0 Å². The molecule has 17 heavy (non-hydrogen) atoms. The molecule has 0 aromatic carbocycles. The van der Waals surface area contributed by atoms with Crippen LogP contribution in [0.4, 0.5) is 0 Å². The summed E-state index contributed by atoms with van der Waals surface area (Å²) < 4.78 is 0.917. The van der Waals surface area contributed by atoms with Gasteiger partial charge in [0.05, 0.1) is 0 Å². The zero-order chi connectivity index (χ0) is 12.4. The van der Waals surface area contributed by atoms with Gasteiger partial charge in [0.25, 0.3) is 0 Å². The van der Waals surface area contributed by atoms with E-state index >= 15 is 0 Å². The number of rotatable bonds is 2. The van der Waals surface area contributed by atoms with E-state index in [1.165, 1.54) is 0 Å². The second-order valence-electron chi connectivity index (χ2n) is 4.52. The molecule has 4 heteroatoms. The molecule has 0 amide bonds. The van der Waals surface area contributed by atoms with Gasteiger partial charge in [-0.05, 0) is 40.9 Å². The minimum absolute atomic E-state index is 0.548. The summed E-state index contributed by atoms with van der Waals surface area (Å²) in [5.41, 5.74) is 5.37. The third kappa shape index (κ3) is 2.71. The molecule has 3 nitrogen and oxygen atoms in total. The number of nitrogens with one attached hydrogen (secondary N) is 1. The number of fused-ring (bicyclic) bond motifs is 1. The van der Waals surface area contributed by atoms with Crippen LogP contribution in [0.5, 0.6) is 0 Å². The maximum absolute atomic E-state index is 4.60. The van der Waals surface area contributed by atoms with Gasteiger partial charge in [-0.2, -0.15) is 0 Å². The molecule has 0 unspecified atom stereocenters. The summed E-state index contributed by atoms with van der Waals surface area (Å²) in [6.45, 7) is 7.20. The normalized spacial score (nSPS) is 20.9. The van der Waals surface area contributed by atoms with E-state index in [4.69, 9.17) is 0 Å². The Balaban J connectivity index is 2.35. The SMILES string of the molecule is CC1=CC=C=C2C(=NCC(C)C)NC(Br)=CN21. The molecule has 0 aromatic heterocycles. The first-order chi connectivity index (χ1) is 8.08. The van der Waals surface area contributed by atoms with Crippen LogP contribution in [0.2, 0.25) is 0 Å². The summed E-state index contributed by atoms with van der Waals surface area (Å²) in [4.78, 5) is 6.68. The second-order valence-corrected chi connectivity index (χ2v) is 5.38. The van der Waals surface area contributed by atoms with Crippen molar-refractivity contribution in [3.8, 4) is 0 Å². The maximum Gasteiger partial charge on any atom is 0.158 e. The maximum atomic E-state index is 4.60. The van der Waals surface area contributed by atoms with E-state index < -0.39 is 0 Å². The highest BCUT2D eigenvalue weighted by atomic mass is 79.9. The van der Waals surface area contributed by atoms with E-state index in [1.54, 1.807) is 0 Å². The third-order valence-electron chi connectivity index (χ3n) is 2.48. The van der Waals surface area contributed by atoms with Crippen LogP contribution in [0.25, 0.3) is 0 Å². The standard InChI is InChI=1S/C13H16BrN3/c1-9(2)7-15-13-11-6-4-5-10(3)17(11)8-12(14)16-13/h4-5,8-9H,7H2,1-3H3,(H,15,16). The molecule has 2 aliphatic rings. The lowest BCUT2D eigenvalue weighted by Gasteiger charge is -2.30. The van der Waals surface area contributed by atoms with Crippen molar-refractivity contribution in [1.29, 1.82) is 0 Å². The highest BCUT2D eigenvalue weighted by molar-refractivity contribution is 9.11. The molecular formula is C13H16BrN3. The minimum atomic E-state index is 0.548. The van der Waals surface area contributed by atoms with Crippen LogP contribution in [-0.2, 0) is 0 Å². The monoisotopic (exact) mass is 293 g/mol. The van der Waals surface area contributed by atoms with Crippen molar-refractivity contribution in [3.63, 3.8) is 0 Å². The van der Waals surface area contributed by atoms with Crippen LogP contribution >= 0.6 is 15.9 Å². The van der Waals surface area contributed by atoms with Crippen LogP contribution in [-0.4, -0.2) is 17.3 Å². The van der Waals surface area contributed by atoms with Crippen molar-refractivity contribution < 1.29 is 0 Å². The van der Waals surface area contributed by atoms with Gasteiger partial charge in [0, 0.05) is 18.4 Å². The molecule has 0 aromatic rings. The Hall–Kier alpha value is -1.25. The quantitative estimate of drug-likeness (QED) is 0.626. The summed E-state index contributed by atoms with van der Waals surface area (Å²) in [6, 6.07) is 0. The lowest BCUT2D eigenvalue weighted by Crippen LogP contribution is -2.36. The zero-order valence-corrected chi connectivity index (χ0v) is 11.9. The summed E-state index contributed by atoms with van der Waals surface area (Å²) >= 11 is 3.47. The van der Waals surface area contributed by atoms with Crippen LogP contribution in [0.3, 0.4) is 0 Å². The van der Waals surface area contributed by atoms with Crippen LogP contribution in [0, 0.1) is 5.92 Å². The van der Waals surface area contributed by atoms with E-state index in [9.17, 15) is 0 Å². The first-order valence-electron chi connectivity index (χ1n) is 5.70. The van der Waals surface area contributed by atoms with E-state index in [2.05, 4.69) is 57.6 Å². The highest BCUT2D eigenvalue weighted by Gasteiger charge is 2.22. The van der Waals surface area contributed by atoms with Crippen LogP contribution in [0.15, 0.2) is 45.1 Å². The Kier molecular flexibility index (Phi) is 3.55. The zero-order valence-electron chi connectivity index (χ0n) is 10.3. The summed E-state index contributed by atoms with van der Waals surface area (Å²) in [5, 5.41) is 3.23. The molecule has 0 atom stereocenters. The number of aliphatic imine (C=N–C) groups is 1. The molecule has 2 rings (SSSR count). The van der Waals surface area contributed by atoms with Crippen molar-refractivity contribution in [2.24, 2.45) is 10.9 Å². The average molecular weight is 294 g/mol. The fraction of sp³-hybridized carbons (Fsp3) is 0.385. The van der Waals surface area contributed by atoms with Gasteiger partial charge in [0.15, 0.2) is 5.84 Å². The predicted octanol–water partition coefficient (Wildman–Crippen LogP) is 3.10. The number of amidine groups is 1. The van der Waals surface area contributed by atoms with Gasteiger partial charge in [-0.3, -0.25) is 4.99 Å². The topological polar surface area (TPSA) is 27.6 Å². The van der Waals surface area contributed by atoms with E-state index in [0.717, 1.165) is 28.4 Å². The van der Waals surface area contributed by atoms with Gasteiger partial charge in [0.2, 0.25) is 0 Å². The molecule has 0 bridgehead atoms. The number of hydrogen-bond acceptors (Lipinski definition) is 2. The van der Waals surface area contributed by atoms with Crippen molar-refractivity contribution in [1.82, 2.24) is 10.2 Å². The molecule has 0 saturated carbocycles. The smallest absolute Gasteiger partial charge is 0.158 e. The molecule has 0 saturated heterocycles. The summed E-state index contributed by atoms with van der Waals surface area (Å²) in [5.74, 6) is 1.42. The van der Waals surface area contributed by atoms with E-state index in [1.807, 2.05) is 18.4 Å². The molecule has 0 aliphatic carbocycles. The third-order valence-corrected chi connectivity index (χ3v) is 2.89. The summed E-state index contributed by atoms with van der Waals surface area (Å²) in [6.07, 6.45) is 5.96. The number of halogens is 1. The Morgan fingerprint density at radius 2 is 2.29 bits per heavy atom. The first kappa shape index (κ1) is 12.2. The first-order valence-corrected chi connectivity index (χ1v) is 6.49. The lowest BCUT2D eigenvalue weighted by atomic mass is 10.2. The van der Waals surface area contributed by atoms with Crippen LogP contribution < -0.4 is 5.32 Å². The van der Waals surface area contributed by atoms with E-state index in [0.29, 0.717) is 5.92 Å². The molecule has 1 N–H and O–H groups in total. The Bertz CT molecular complexity index is 477. The Morgan fingerprint density at radius 1 is 1.53 bits per heavy atom. The molecular weight excluding hydrogens is 278 g/mol. The van der Waals surface area contributed by atoms with E-state index in [-0.39, 0.29) is 0 Å². The Morgan fingerprint density at radius 3 is 3.00 bits per heavy atom. The fourth-order valence-corrected chi connectivity index (χ4v) is 2.01. The lowest BCUT2D eigenvalue weighted by molar-refractivity contribution is 0.578. The largest absolute Gasteiger partial charge is 0.331 e. The van der Waals surface area contributed by atoms with Crippen molar-refractivity contribution in [2.75, 3.05) is 6.54 Å². The fourth-order valence-electron chi connectivity index (χ4n) is 1.62. The van der Waals surface area contributed by atoms with Crippen LogP contribution in [0.1, 0.15) is 20.8 Å². The van der Waals surface area contributed by atoms with Gasteiger partial charge in [-0.1, -0.05) is 19.6 Å². The van der Waals surface area contributed by atoms with Gasteiger partial charge < -0.3 is 10.2 Å². The molecule has 0 radical (unpaired) electrons. The Labute approximate surface area is 110 Å². The van der Waals surface area contributed by atoms with Crippen molar-refractivity contribution in [2.45, 2.75) is 20.8 Å². The summed E-state index contributed by atoms with van der Waals surface area (Å²) in [7, 11) is 0. The van der Waals surface area contributed by atoms with Gasteiger partial charge in [-0.15, -0.1) is 0 Å². The highest BCUT2D eigenvalue weighted by Crippen LogP contribution is 2.24. The molecule has 2 heterocycles. The second kappa shape index (κ2) is 4.94. The molecule has 0 fully saturated rings. The minimum Gasteiger partial charge on any atom is -0.331 e. The van der Waals surface area contributed by atoms with Gasteiger partial charge in [-0.25, -0.2) is 0 Å². The predicted molar refractivity (Wildman–Crippen MR) is 74.5 cm³/mol.